The third-order valence-corrected chi connectivity index (χ3v) is 9.63. The van der Waals surface area contributed by atoms with E-state index < -0.39 is 15.6 Å². The number of nitrogens with one attached hydrogen (secondary N) is 2. The summed E-state index contributed by atoms with van der Waals surface area (Å²) in [5, 5.41) is 2.89. The predicted octanol–water partition coefficient (Wildman–Crippen LogP) is 7.31. The summed E-state index contributed by atoms with van der Waals surface area (Å²) in [6.07, 6.45) is 2.43. The van der Waals surface area contributed by atoms with Gasteiger partial charge >= 0.3 is 6.09 Å². The smallest absolute Gasteiger partial charge is 0.410 e. The Balaban J connectivity index is 1.39. The van der Waals surface area contributed by atoms with Gasteiger partial charge in [0.25, 0.3) is 15.9 Å². The summed E-state index contributed by atoms with van der Waals surface area (Å²) in [5.74, 6) is -0.302. The van der Waals surface area contributed by atoms with Crippen LogP contribution < -0.4 is 10.0 Å². The summed E-state index contributed by atoms with van der Waals surface area (Å²) in [6.45, 7) is 16.2. The maximum absolute atomic E-state index is 13.3. The van der Waals surface area contributed by atoms with Crippen LogP contribution >= 0.6 is 0 Å². The molecular formula is C34H41N3O5S. The number of carbonyl (C=O) groups excluding carboxylic acids is 2. The van der Waals surface area contributed by atoms with Crippen LogP contribution in [-0.4, -0.2) is 44.0 Å². The molecule has 0 saturated carbocycles. The largest absolute Gasteiger partial charge is 0.444 e. The van der Waals surface area contributed by atoms with Crippen molar-refractivity contribution in [1.82, 2.24) is 4.90 Å². The standard InChI is InChI=1S/C34H41N3O5S/c1-21-22(2)24(4)31(25(5)23(21)3)43(40,41)36-30-15-11-28(12-16-30)32(38)35-29-13-9-26(10-14-29)27-17-19-37(20-18-27)33(39)42-34(6,7)8/h9-17,36H,18-20H2,1-8H3,(H,35,38). The SMILES string of the molecule is Cc1c(C)c(C)c(S(=O)(=O)Nc2ccc(C(=O)Nc3ccc(C4=CCN(C(=O)OC(C)(C)C)CC4)cc3)cc2)c(C)c1C. The summed E-state index contributed by atoms with van der Waals surface area (Å²) in [4.78, 5) is 27.2. The number of sulfonamides is 1. The third-order valence-electron chi connectivity index (χ3n) is 7.97. The molecule has 1 aliphatic rings. The lowest BCUT2D eigenvalue weighted by Gasteiger charge is -2.29. The number of ether oxygens (including phenoxy) is 1. The Hall–Kier alpha value is -4.11. The van der Waals surface area contributed by atoms with Crippen molar-refractivity contribution in [2.45, 2.75) is 72.3 Å². The highest BCUT2D eigenvalue weighted by atomic mass is 32.2. The second kappa shape index (κ2) is 12.2. The minimum atomic E-state index is -3.83. The fraction of sp³-hybridized carbons (Fsp3) is 0.353. The summed E-state index contributed by atoms with van der Waals surface area (Å²) in [5.41, 5.74) is 7.54. The van der Waals surface area contributed by atoms with Crippen molar-refractivity contribution in [3.63, 3.8) is 0 Å². The number of anilines is 2. The molecule has 8 nitrogen and oxygen atoms in total. The highest BCUT2D eigenvalue weighted by Crippen LogP contribution is 2.31. The van der Waals surface area contributed by atoms with E-state index in [1.165, 1.54) is 0 Å². The van der Waals surface area contributed by atoms with E-state index in [0.717, 1.165) is 39.0 Å². The zero-order valence-electron chi connectivity index (χ0n) is 26.2. The first-order chi connectivity index (χ1) is 20.1. The molecule has 0 atom stereocenters. The van der Waals surface area contributed by atoms with Crippen LogP contribution in [0.5, 0.6) is 0 Å². The highest BCUT2D eigenvalue weighted by Gasteiger charge is 2.25. The van der Waals surface area contributed by atoms with Crippen molar-refractivity contribution in [3.8, 4) is 0 Å². The lowest BCUT2D eigenvalue weighted by atomic mass is 9.95. The molecule has 1 aliphatic heterocycles. The number of nitrogens with zero attached hydrogens (tertiary/aromatic N) is 1. The van der Waals surface area contributed by atoms with Crippen LogP contribution in [0.25, 0.3) is 5.57 Å². The Morgan fingerprint density at radius 2 is 1.33 bits per heavy atom. The van der Waals surface area contributed by atoms with E-state index in [1.807, 2.05) is 85.7 Å². The lowest BCUT2D eigenvalue weighted by molar-refractivity contribution is 0.0270. The first-order valence-electron chi connectivity index (χ1n) is 14.4. The number of carbonyl (C=O) groups is 2. The Morgan fingerprint density at radius 3 is 1.84 bits per heavy atom. The van der Waals surface area contributed by atoms with E-state index in [4.69, 9.17) is 4.74 Å². The van der Waals surface area contributed by atoms with Crippen molar-refractivity contribution < 1.29 is 22.7 Å². The second-order valence-corrected chi connectivity index (χ2v) is 13.7. The van der Waals surface area contributed by atoms with Crippen LogP contribution in [0, 0.1) is 34.6 Å². The van der Waals surface area contributed by atoms with E-state index >= 15 is 0 Å². The molecule has 0 spiro atoms. The second-order valence-electron chi connectivity index (χ2n) is 12.1. The molecule has 3 aromatic carbocycles. The predicted molar refractivity (Wildman–Crippen MR) is 172 cm³/mol. The molecule has 0 fully saturated rings. The summed E-state index contributed by atoms with van der Waals surface area (Å²) in [7, 11) is -3.83. The van der Waals surface area contributed by atoms with Gasteiger partial charge in [-0.25, -0.2) is 13.2 Å². The molecule has 2 amide bonds. The Kier molecular flexibility index (Phi) is 9.06. The molecule has 0 saturated heterocycles. The van der Waals surface area contributed by atoms with E-state index in [2.05, 4.69) is 10.0 Å². The van der Waals surface area contributed by atoms with Gasteiger partial charge in [0, 0.05) is 30.0 Å². The van der Waals surface area contributed by atoms with Gasteiger partial charge in [-0.15, -0.1) is 0 Å². The minimum absolute atomic E-state index is 0.294. The Labute approximate surface area is 255 Å². The van der Waals surface area contributed by atoms with Crippen molar-refractivity contribution in [3.05, 3.63) is 93.6 Å². The maximum atomic E-state index is 13.3. The van der Waals surface area contributed by atoms with Gasteiger partial charge in [-0.05, 0) is 137 Å². The van der Waals surface area contributed by atoms with Crippen LogP contribution in [0.2, 0.25) is 0 Å². The summed E-state index contributed by atoms with van der Waals surface area (Å²) < 4.78 is 34.8. The fourth-order valence-corrected chi connectivity index (χ4v) is 6.82. The highest BCUT2D eigenvalue weighted by molar-refractivity contribution is 7.92. The topological polar surface area (TPSA) is 105 Å². The van der Waals surface area contributed by atoms with Crippen molar-refractivity contribution >= 4 is 39.0 Å². The van der Waals surface area contributed by atoms with Gasteiger partial charge < -0.3 is 15.0 Å². The van der Waals surface area contributed by atoms with Gasteiger partial charge in [0.1, 0.15) is 5.60 Å². The van der Waals surface area contributed by atoms with Gasteiger partial charge in [0.05, 0.1) is 4.90 Å². The molecule has 43 heavy (non-hydrogen) atoms. The average Bonchev–Trinajstić information content (AvgIpc) is 2.94. The number of amides is 2. The number of rotatable bonds is 6. The molecular weight excluding hydrogens is 562 g/mol. The van der Waals surface area contributed by atoms with E-state index in [0.29, 0.717) is 41.3 Å². The molecule has 0 aromatic heterocycles. The molecule has 2 N–H and O–H groups in total. The molecule has 4 rings (SSSR count). The van der Waals surface area contributed by atoms with Crippen LogP contribution in [0.3, 0.4) is 0 Å². The number of hydrogen-bond acceptors (Lipinski definition) is 5. The van der Waals surface area contributed by atoms with Crippen LogP contribution in [0.1, 0.15) is 70.9 Å². The fourth-order valence-electron chi connectivity index (χ4n) is 5.16. The zero-order chi connectivity index (χ0) is 31.7. The molecule has 0 aliphatic carbocycles. The van der Waals surface area contributed by atoms with Gasteiger partial charge in [-0.3, -0.25) is 9.52 Å². The minimum Gasteiger partial charge on any atom is -0.444 e. The molecule has 1 heterocycles. The monoisotopic (exact) mass is 603 g/mol. The number of benzene rings is 3. The Morgan fingerprint density at radius 1 is 0.791 bits per heavy atom. The third kappa shape index (κ3) is 7.28. The number of hydrogen-bond donors (Lipinski definition) is 2. The summed E-state index contributed by atoms with van der Waals surface area (Å²) >= 11 is 0. The van der Waals surface area contributed by atoms with Gasteiger partial charge in [0.2, 0.25) is 0 Å². The average molecular weight is 604 g/mol. The van der Waals surface area contributed by atoms with Crippen LogP contribution in [0.4, 0.5) is 16.2 Å². The van der Waals surface area contributed by atoms with Gasteiger partial charge in [-0.1, -0.05) is 18.2 Å². The molecule has 228 valence electrons. The molecule has 0 unspecified atom stereocenters. The van der Waals surface area contributed by atoms with E-state index in [-0.39, 0.29) is 12.0 Å². The Bertz CT molecular complexity index is 1650. The van der Waals surface area contributed by atoms with Crippen molar-refractivity contribution in [2.75, 3.05) is 23.1 Å². The maximum Gasteiger partial charge on any atom is 0.410 e. The van der Waals surface area contributed by atoms with Crippen LogP contribution in [-0.2, 0) is 14.8 Å². The zero-order valence-corrected chi connectivity index (χ0v) is 27.0. The first kappa shape index (κ1) is 31.8. The van der Waals surface area contributed by atoms with Gasteiger partial charge in [0.15, 0.2) is 0 Å². The van der Waals surface area contributed by atoms with Crippen molar-refractivity contribution in [2.24, 2.45) is 0 Å². The van der Waals surface area contributed by atoms with Crippen LogP contribution in [0.15, 0.2) is 59.5 Å². The lowest BCUT2D eigenvalue weighted by Crippen LogP contribution is -2.39. The summed E-state index contributed by atoms with van der Waals surface area (Å²) in [6, 6.07) is 13.9. The quantitative estimate of drug-likeness (QED) is 0.308. The first-order valence-corrected chi connectivity index (χ1v) is 15.8. The molecule has 0 bridgehead atoms. The molecule has 9 heteroatoms. The van der Waals surface area contributed by atoms with E-state index in [9.17, 15) is 18.0 Å². The van der Waals surface area contributed by atoms with Gasteiger partial charge in [-0.2, -0.15) is 0 Å². The molecule has 0 radical (unpaired) electrons. The molecule has 3 aromatic rings. The normalized spacial score (nSPS) is 13.8. The van der Waals surface area contributed by atoms with E-state index in [1.54, 1.807) is 29.2 Å². The van der Waals surface area contributed by atoms with Crippen molar-refractivity contribution in [1.29, 1.82) is 0 Å².